The molecule has 0 fully saturated rings. The Morgan fingerprint density at radius 1 is 1.26 bits per heavy atom. The number of aromatic nitrogens is 2. The van der Waals surface area contributed by atoms with Gasteiger partial charge in [0.15, 0.2) is 0 Å². The van der Waals surface area contributed by atoms with Gasteiger partial charge in [0.25, 0.3) is 0 Å². The normalized spacial score (nSPS) is 10.4. The molecule has 0 spiro atoms. The Bertz CT molecular complexity index is 744. The fourth-order valence-electron chi connectivity index (χ4n) is 1.79. The van der Waals surface area contributed by atoms with Gasteiger partial charge in [0.2, 0.25) is 0 Å². The molecule has 0 aliphatic rings. The minimum Gasteiger partial charge on any atom is -0.306 e. The number of hydrogen-bond donors (Lipinski definition) is 0. The summed E-state index contributed by atoms with van der Waals surface area (Å²) < 4.78 is 16.0. The van der Waals surface area contributed by atoms with E-state index in [4.69, 9.17) is 0 Å². The molecule has 0 bridgehead atoms. The molecule has 0 aliphatic heterocycles. The van der Waals surface area contributed by atoms with Crippen LogP contribution in [0.4, 0.5) is 4.39 Å². The van der Waals surface area contributed by atoms with Crippen molar-refractivity contribution in [2.45, 2.75) is 13.5 Å². The summed E-state index contributed by atoms with van der Waals surface area (Å²) in [5.74, 6) is -0.548. The number of aryl methyl sites for hydroxylation is 1. The minimum atomic E-state index is -0.783. The van der Waals surface area contributed by atoms with Crippen LogP contribution in [0.25, 0.3) is 5.69 Å². The third-order valence-corrected chi connectivity index (χ3v) is 2.75. The van der Waals surface area contributed by atoms with Crippen LogP contribution in [0.1, 0.15) is 5.56 Å². The Kier molecular flexibility index (Phi) is 3.46. The second-order valence-electron chi connectivity index (χ2n) is 4.17. The van der Waals surface area contributed by atoms with Crippen LogP contribution in [0.15, 0.2) is 52.8 Å². The van der Waals surface area contributed by atoms with Gasteiger partial charge < -0.3 is 4.57 Å². The van der Waals surface area contributed by atoms with E-state index in [-0.39, 0.29) is 12.2 Å². The molecule has 0 amide bonds. The Labute approximate surface area is 109 Å². The highest BCUT2D eigenvalue weighted by Crippen LogP contribution is 2.12. The van der Waals surface area contributed by atoms with Crippen LogP contribution in [0, 0.1) is 12.7 Å². The lowest BCUT2D eigenvalue weighted by Gasteiger charge is -2.09. The molecule has 1 heterocycles. The summed E-state index contributed by atoms with van der Waals surface area (Å²) in [6.07, 6.45) is 4.33. The van der Waals surface area contributed by atoms with Crippen LogP contribution in [-0.4, -0.2) is 9.13 Å². The summed E-state index contributed by atoms with van der Waals surface area (Å²) in [6.45, 7) is 5.53. The Morgan fingerprint density at radius 2 is 2.00 bits per heavy atom. The first-order chi connectivity index (χ1) is 9.04. The molecule has 0 saturated heterocycles. The van der Waals surface area contributed by atoms with Gasteiger partial charge in [-0.25, -0.2) is 4.39 Å². The molecule has 2 aromatic rings. The van der Waals surface area contributed by atoms with Gasteiger partial charge in [-0.05, 0) is 24.6 Å². The number of benzene rings is 1. The Balaban J connectivity index is 2.68. The summed E-state index contributed by atoms with van der Waals surface area (Å²) >= 11 is 0. The molecule has 0 saturated carbocycles. The molecule has 98 valence electrons. The van der Waals surface area contributed by atoms with Crippen molar-refractivity contribution in [3.63, 3.8) is 0 Å². The van der Waals surface area contributed by atoms with E-state index in [9.17, 15) is 14.0 Å². The first kappa shape index (κ1) is 13.0. The van der Waals surface area contributed by atoms with Crippen molar-refractivity contribution in [1.82, 2.24) is 9.13 Å². The van der Waals surface area contributed by atoms with Gasteiger partial charge >= 0.3 is 11.1 Å². The smallest absolute Gasteiger partial charge is 0.306 e. The van der Waals surface area contributed by atoms with Crippen molar-refractivity contribution < 1.29 is 4.39 Å². The fraction of sp³-hybridized carbons (Fsp3) is 0.143. The molecule has 4 nitrogen and oxygen atoms in total. The number of nitrogens with zero attached hydrogens (tertiary/aromatic N) is 2. The van der Waals surface area contributed by atoms with E-state index < -0.39 is 16.9 Å². The average molecular weight is 260 g/mol. The van der Waals surface area contributed by atoms with Gasteiger partial charge in [0, 0.05) is 18.9 Å². The first-order valence-corrected chi connectivity index (χ1v) is 5.74. The predicted octanol–water partition coefficient (Wildman–Crippen LogP) is 1.63. The second kappa shape index (κ2) is 5.06. The van der Waals surface area contributed by atoms with E-state index in [2.05, 4.69) is 6.58 Å². The van der Waals surface area contributed by atoms with Gasteiger partial charge in [-0.3, -0.25) is 14.2 Å². The zero-order valence-corrected chi connectivity index (χ0v) is 10.5. The van der Waals surface area contributed by atoms with Crippen molar-refractivity contribution in [3.05, 3.63) is 75.3 Å². The molecule has 0 unspecified atom stereocenters. The largest absolute Gasteiger partial charge is 0.321 e. The summed E-state index contributed by atoms with van der Waals surface area (Å²) in [5.41, 5.74) is -0.608. The Hall–Kier alpha value is -2.43. The molecule has 1 aromatic heterocycles. The fourth-order valence-corrected chi connectivity index (χ4v) is 1.79. The van der Waals surface area contributed by atoms with E-state index in [1.54, 1.807) is 13.0 Å². The molecule has 0 radical (unpaired) electrons. The quantitative estimate of drug-likeness (QED) is 0.622. The van der Waals surface area contributed by atoms with Gasteiger partial charge in [-0.15, -0.1) is 6.58 Å². The van der Waals surface area contributed by atoms with E-state index >= 15 is 0 Å². The van der Waals surface area contributed by atoms with Crippen LogP contribution in [0.5, 0.6) is 0 Å². The van der Waals surface area contributed by atoms with Crippen LogP contribution in [0.3, 0.4) is 0 Å². The maximum absolute atomic E-state index is 13.7. The lowest BCUT2D eigenvalue weighted by atomic mass is 10.2. The molecule has 1 aromatic carbocycles. The number of allylic oxidation sites excluding steroid dienone is 1. The van der Waals surface area contributed by atoms with E-state index in [0.717, 1.165) is 10.1 Å². The molecule has 19 heavy (non-hydrogen) atoms. The highest BCUT2D eigenvalue weighted by atomic mass is 19.1. The summed E-state index contributed by atoms with van der Waals surface area (Å²) in [7, 11) is 0. The molecule has 0 atom stereocenters. The molecule has 2 rings (SSSR count). The monoisotopic (exact) mass is 260 g/mol. The van der Waals surface area contributed by atoms with Gasteiger partial charge in [0.05, 0.1) is 5.69 Å². The first-order valence-electron chi connectivity index (χ1n) is 5.74. The van der Waals surface area contributed by atoms with Crippen molar-refractivity contribution in [3.8, 4) is 5.69 Å². The minimum absolute atomic E-state index is 0.0767. The van der Waals surface area contributed by atoms with Crippen molar-refractivity contribution >= 4 is 0 Å². The Morgan fingerprint density at radius 3 is 2.68 bits per heavy atom. The number of hydrogen-bond acceptors (Lipinski definition) is 2. The van der Waals surface area contributed by atoms with Crippen molar-refractivity contribution in [1.29, 1.82) is 0 Å². The second-order valence-corrected chi connectivity index (χ2v) is 4.17. The third kappa shape index (κ3) is 2.40. The van der Waals surface area contributed by atoms with E-state index in [1.807, 2.05) is 0 Å². The summed E-state index contributed by atoms with van der Waals surface area (Å²) in [5, 5.41) is 0. The highest BCUT2D eigenvalue weighted by Gasteiger charge is 2.10. The maximum Gasteiger partial charge on any atom is 0.321 e. The molecule has 0 aliphatic carbocycles. The highest BCUT2D eigenvalue weighted by molar-refractivity contribution is 5.37. The molecular formula is C14H13FN2O2. The lowest BCUT2D eigenvalue weighted by molar-refractivity contribution is 0.612. The molecule has 5 heteroatoms. The predicted molar refractivity (Wildman–Crippen MR) is 71.2 cm³/mol. The number of rotatable bonds is 3. The van der Waals surface area contributed by atoms with Crippen LogP contribution in [-0.2, 0) is 6.54 Å². The van der Waals surface area contributed by atoms with Gasteiger partial charge in [0.1, 0.15) is 5.82 Å². The van der Waals surface area contributed by atoms with Gasteiger partial charge in [-0.1, -0.05) is 12.1 Å². The molecular weight excluding hydrogens is 247 g/mol. The van der Waals surface area contributed by atoms with Crippen molar-refractivity contribution in [2.24, 2.45) is 0 Å². The van der Waals surface area contributed by atoms with Crippen LogP contribution in [0.2, 0.25) is 0 Å². The zero-order valence-electron chi connectivity index (χ0n) is 10.5. The van der Waals surface area contributed by atoms with Crippen LogP contribution >= 0.6 is 0 Å². The van der Waals surface area contributed by atoms with Crippen LogP contribution < -0.4 is 11.1 Å². The van der Waals surface area contributed by atoms with E-state index in [0.29, 0.717) is 0 Å². The van der Waals surface area contributed by atoms with E-state index in [1.165, 1.54) is 35.2 Å². The van der Waals surface area contributed by atoms with Crippen molar-refractivity contribution in [2.75, 3.05) is 0 Å². The zero-order chi connectivity index (χ0) is 14.0. The SMILES string of the molecule is C=CCn1ccn(-c2cc(C)ccc2F)c(=O)c1=O. The summed E-state index contributed by atoms with van der Waals surface area (Å²) in [6, 6.07) is 4.39. The van der Waals surface area contributed by atoms with Gasteiger partial charge in [-0.2, -0.15) is 0 Å². The maximum atomic E-state index is 13.7. The third-order valence-electron chi connectivity index (χ3n) is 2.75. The lowest BCUT2D eigenvalue weighted by Crippen LogP contribution is -2.40. The standard InChI is InChI=1S/C14H13FN2O2/c1-3-6-16-7-8-17(14(19)13(16)18)12-9-10(2)4-5-11(12)15/h3-5,7-9H,1,6H2,2H3. The summed E-state index contributed by atoms with van der Waals surface area (Å²) in [4.78, 5) is 23.8. The number of halogens is 1. The topological polar surface area (TPSA) is 44.0 Å². The average Bonchev–Trinajstić information content (AvgIpc) is 2.39. The molecule has 0 N–H and O–H groups in total.